The summed E-state index contributed by atoms with van der Waals surface area (Å²) in [5.74, 6) is -3.47. The highest BCUT2D eigenvalue weighted by Gasteiger charge is 2.32. The van der Waals surface area contributed by atoms with Crippen molar-refractivity contribution in [2.24, 2.45) is 23.1 Å². The van der Waals surface area contributed by atoms with Gasteiger partial charge >= 0.3 is 5.97 Å². The maximum Gasteiger partial charge on any atom is 0.326 e. The van der Waals surface area contributed by atoms with Crippen LogP contribution in [0.25, 0.3) is 0 Å². The Morgan fingerprint density at radius 1 is 0.758 bits per heavy atom. The fourth-order valence-electron chi connectivity index (χ4n) is 3.05. The van der Waals surface area contributed by atoms with Crippen LogP contribution < -0.4 is 33.2 Å². The molecule has 0 fully saturated rings. The summed E-state index contributed by atoms with van der Waals surface area (Å²) in [6.45, 7) is 5.60. The van der Waals surface area contributed by atoms with E-state index in [1.54, 1.807) is 13.8 Å². The first kappa shape index (κ1) is 30.7. The second-order valence-electron chi connectivity index (χ2n) is 8.53. The van der Waals surface area contributed by atoms with Crippen molar-refractivity contribution in [1.29, 1.82) is 0 Å². The quantitative estimate of drug-likeness (QED) is 0.111. The van der Waals surface area contributed by atoms with Gasteiger partial charge in [0.15, 0.2) is 0 Å². The maximum atomic E-state index is 12.9. The molecule has 5 atom stereocenters. The van der Waals surface area contributed by atoms with E-state index in [-0.39, 0.29) is 18.8 Å². The first-order valence-corrected chi connectivity index (χ1v) is 11.4. The Kier molecular flexibility index (Phi) is 15.2. The lowest BCUT2D eigenvalue weighted by Gasteiger charge is -2.27. The second-order valence-corrected chi connectivity index (χ2v) is 8.53. The van der Waals surface area contributed by atoms with E-state index in [2.05, 4.69) is 16.0 Å². The van der Waals surface area contributed by atoms with Gasteiger partial charge in [-0.25, -0.2) is 4.79 Å². The molecule has 0 radical (unpaired) electrons. The summed E-state index contributed by atoms with van der Waals surface area (Å²) >= 11 is 0. The van der Waals surface area contributed by atoms with Gasteiger partial charge in [0, 0.05) is 0 Å². The van der Waals surface area contributed by atoms with E-state index in [0.717, 1.165) is 0 Å². The summed E-state index contributed by atoms with van der Waals surface area (Å²) in [4.78, 5) is 49.5. The number of aliphatic hydroxyl groups excluding tert-OH is 1. The monoisotopic (exact) mass is 474 g/mol. The predicted molar refractivity (Wildman–Crippen MR) is 124 cm³/mol. The number of hydrogen-bond donors (Lipinski definition) is 8. The summed E-state index contributed by atoms with van der Waals surface area (Å²) in [7, 11) is 0. The third kappa shape index (κ3) is 11.9. The zero-order chi connectivity index (χ0) is 25.6. The molecule has 0 spiro atoms. The topological polar surface area (TPSA) is 223 Å². The Labute approximate surface area is 195 Å². The predicted octanol–water partition coefficient (Wildman–Crippen LogP) is -1.85. The van der Waals surface area contributed by atoms with Crippen molar-refractivity contribution >= 4 is 23.7 Å². The number of carboxylic acid groups (broad SMARTS) is 1. The highest BCUT2D eigenvalue weighted by Crippen LogP contribution is 2.08. The Bertz CT molecular complexity index is 630. The number of hydrogen-bond acceptors (Lipinski definition) is 8. The third-order valence-electron chi connectivity index (χ3n) is 5.21. The van der Waals surface area contributed by atoms with E-state index in [9.17, 15) is 29.4 Å². The van der Waals surface area contributed by atoms with Crippen molar-refractivity contribution in [3.63, 3.8) is 0 Å². The summed E-state index contributed by atoms with van der Waals surface area (Å²) in [5.41, 5.74) is 16.6. The number of carbonyl (C=O) groups excluding carboxylic acids is 3. The van der Waals surface area contributed by atoms with Gasteiger partial charge in [0.2, 0.25) is 17.7 Å². The van der Waals surface area contributed by atoms with E-state index in [1.165, 1.54) is 6.92 Å². The third-order valence-corrected chi connectivity index (χ3v) is 5.21. The molecule has 192 valence electrons. The van der Waals surface area contributed by atoms with Crippen molar-refractivity contribution in [3.05, 3.63) is 0 Å². The van der Waals surface area contributed by atoms with Gasteiger partial charge in [-0.15, -0.1) is 0 Å². The Hall–Kier alpha value is -2.28. The minimum Gasteiger partial charge on any atom is -0.480 e. The van der Waals surface area contributed by atoms with Gasteiger partial charge in [0.1, 0.15) is 24.2 Å². The number of carboxylic acids is 1. The lowest BCUT2D eigenvalue weighted by Crippen LogP contribution is -2.59. The molecule has 0 heterocycles. The fourth-order valence-corrected chi connectivity index (χ4v) is 3.05. The molecule has 0 aliphatic carbocycles. The molecule has 5 unspecified atom stereocenters. The molecule has 0 aliphatic heterocycles. The molecule has 0 rings (SSSR count). The van der Waals surface area contributed by atoms with Crippen LogP contribution in [0.4, 0.5) is 0 Å². The Morgan fingerprint density at radius 3 is 1.67 bits per heavy atom. The Balaban J connectivity index is 5.36. The summed E-state index contributed by atoms with van der Waals surface area (Å²) in [6.07, 6.45) is 1.68. The fraction of sp³-hybridized carbons (Fsp3) is 0.810. The highest BCUT2D eigenvalue weighted by atomic mass is 16.4. The zero-order valence-electron chi connectivity index (χ0n) is 19.9. The van der Waals surface area contributed by atoms with Gasteiger partial charge in [-0.3, -0.25) is 14.4 Å². The molecule has 0 aromatic heterocycles. The molecule has 0 aromatic rings. The van der Waals surface area contributed by atoms with E-state index in [0.29, 0.717) is 38.8 Å². The van der Waals surface area contributed by atoms with Crippen molar-refractivity contribution in [3.8, 4) is 0 Å². The molecule has 3 amide bonds. The molecule has 0 aromatic carbocycles. The van der Waals surface area contributed by atoms with Crippen LogP contribution in [0.5, 0.6) is 0 Å². The normalized spacial score (nSPS) is 15.8. The lowest BCUT2D eigenvalue weighted by molar-refractivity contribution is -0.143. The molecule has 12 nitrogen and oxygen atoms in total. The maximum absolute atomic E-state index is 12.9. The van der Waals surface area contributed by atoms with Crippen LogP contribution in [-0.2, 0) is 19.2 Å². The molecule has 0 saturated carbocycles. The molecule has 0 aliphatic rings. The number of aliphatic hydroxyl groups is 1. The van der Waals surface area contributed by atoms with Gasteiger partial charge in [-0.1, -0.05) is 13.8 Å². The first-order valence-electron chi connectivity index (χ1n) is 11.4. The second kappa shape index (κ2) is 16.4. The molecule has 0 bridgehead atoms. The van der Waals surface area contributed by atoms with Crippen molar-refractivity contribution in [2.75, 3.05) is 13.1 Å². The van der Waals surface area contributed by atoms with Crippen LogP contribution in [-0.4, -0.2) is 77.3 Å². The molecule has 12 heteroatoms. The van der Waals surface area contributed by atoms with Gasteiger partial charge in [0.05, 0.1) is 6.10 Å². The number of nitrogens with one attached hydrogen (secondary N) is 3. The standard InChI is InChI=1S/C21H42N6O6/c1-12(2)17(20(31)26-15(21(32)33)9-5-7-11-23)27-18(29)14(8-4-6-10-22)25-19(30)16(24)13(3)28/h12-17,28H,4-11,22-24H2,1-3H3,(H,25,30)(H,26,31)(H,27,29)(H,32,33). The number of nitrogens with two attached hydrogens (primary N) is 3. The van der Waals surface area contributed by atoms with Gasteiger partial charge in [-0.05, 0) is 64.5 Å². The smallest absolute Gasteiger partial charge is 0.326 e. The molecule has 0 saturated heterocycles. The van der Waals surface area contributed by atoms with Crippen LogP contribution >= 0.6 is 0 Å². The SMILES string of the molecule is CC(C)C(NC(=O)C(CCCCN)NC(=O)C(N)C(C)O)C(=O)NC(CCCCN)C(=O)O. The van der Waals surface area contributed by atoms with Crippen LogP contribution in [0.3, 0.4) is 0 Å². The minimum atomic E-state index is -1.22. The van der Waals surface area contributed by atoms with Crippen LogP contribution in [0.1, 0.15) is 59.3 Å². The van der Waals surface area contributed by atoms with Crippen molar-refractivity contribution < 1.29 is 29.4 Å². The number of amides is 3. The average Bonchev–Trinajstić information content (AvgIpc) is 2.74. The van der Waals surface area contributed by atoms with Crippen LogP contribution in [0, 0.1) is 5.92 Å². The molecular weight excluding hydrogens is 432 g/mol. The van der Waals surface area contributed by atoms with E-state index in [4.69, 9.17) is 17.2 Å². The lowest BCUT2D eigenvalue weighted by atomic mass is 10.0. The van der Waals surface area contributed by atoms with Gasteiger partial charge in [0.25, 0.3) is 0 Å². The zero-order valence-corrected chi connectivity index (χ0v) is 19.9. The number of rotatable bonds is 17. The minimum absolute atomic E-state index is 0.214. The summed E-state index contributed by atoms with van der Waals surface area (Å²) in [5, 5.41) is 26.6. The Morgan fingerprint density at radius 2 is 1.24 bits per heavy atom. The molecule has 11 N–H and O–H groups in total. The van der Waals surface area contributed by atoms with Crippen LogP contribution in [0.15, 0.2) is 0 Å². The average molecular weight is 475 g/mol. The molecule has 33 heavy (non-hydrogen) atoms. The van der Waals surface area contributed by atoms with Crippen molar-refractivity contribution in [1.82, 2.24) is 16.0 Å². The molecular formula is C21H42N6O6. The highest BCUT2D eigenvalue weighted by molar-refractivity contribution is 5.94. The summed E-state index contributed by atoms with van der Waals surface area (Å²) in [6, 6.07) is -4.34. The van der Waals surface area contributed by atoms with Crippen molar-refractivity contribution in [2.45, 2.75) is 89.6 Å². The largest absolute Gasteiger partial charge is 0.480 e. The number of carbonyl (C=O) groups is 4. The van der Waals surface area contributed by atoms with E-state index < -0.39 is 54.0 Å². The summed E-state index contributed by atoms with van der Waals surface area (Å²) < 4.78 is 0. The number of aliphatic carboxylic acids is 1. The van der Waals surface area contributed by atoms with E-state index >= 15 is 0 Å². The van der Waals surface area contributed by atoms with Gasteiger partial charge < -0.3 is 43.4 Å². The van der Waals surface area contributed by atoms with Crippen LogP contribution in [0.2, 0.25) is 0 Å². The first-order chi connectivity index (χ1) is 15.5. The van der Waals surface area contributed by atoms with Gasteiger partial charge in [-0.2, -0.15) is 0 Å². The number of unbranched alkanes of at least 4 members (excludes halogenated alkanes) is 2. The van der Waals surface area contributed by atoms with E-state index in [1.807, 2.05) is 0 Å².